The number of anilines is 2. The number of aliphatic imine (C=N–C) groups is 1. The van der Waals surface area contributed by atoms with E-state index in [-0.39, 0.29) is 25.6 Å². The molecule has 4 rings (SSSR count). The summed E-state index contributed by atoms with van der Waals surface area (Å²) < 4.78 is 24.1. The summed E-state index contributed by atoms with van der Waals surface area (Å²) in [6.07, 6.45) is 3.20. The van der Waals surface area contributed by atoms with Crippen molar-refractivity contribution in [2.45, 2.75) is 6.61 Å². The number of hydrogen-bond donors (Lipinski definition) is 2. The molecule has 0 unspecified atom stereocenters. The van der Waals surface area contributed by atoms with Crippen molar-refractivity contribution in [2.24, 2.45) is 4.99 Å². The van der Waals surface area contributed by atoms with Crippen LogP contribution < -0.4 is 10.1 Å². The molecular formula is C26H23ClFN5O2. The predicted octanol–water partition coefficient (Wildman–Crippen LogP) is 5.83. The monoisotopic (exact) mass is 491 g/mol. The summed E-state index contributed by atoms with van der Waals surface area (Å²) in [4.78, 5) is 13.0. The van der Waals surface area contributed by atoms with Crippen molar-refractivity contribution in [3.05, 3.63) is 89.0 Å². The van der Waals surface area contributed by atoms with Crippen LogP contribution in [0.15, 0.2) is 72.0 Å². The molecule has 0 fully saturated rings. The van der Waals surface area contributed by atoms with Crippen LogP contribution in [-0.4, -0.2) is 42.2 Å². The average Bonchev–Trinajstić information content (AvgIpc) is 2.84. The van der Waals surface area contributed by atoms with Gasteiger partial charge >= 0.3 is 0 Å². The minimum absolute atomic E-state index is 0.204. The van der Waals surface area contributed by atoms with E-state index in [0.717, 1.165) is 22.2 Å². The lowest BCUT2D eigenvalue weighted by atomic mass is 10.1. The number of hydrogen-bond acceptors (Lipinski definition) is 7. The van der Waals surface area contributed by atoms with Gasteiger partial charge in [-0.25, -0.2) is 14.4 Å². The fourth-order valence-electron chi connectivity index (χ4n) is 3.36. The molecule has 0 atom stereocenters. The van der Waals surface area contributed by atoms with Crippen molar-refractivity contribution < 1.29 is 13.9 Å². The van der Waals surface area contributed by atoms with Gasteiger partial charge in [0.05, 0.1) is 29.4 Å². The predicted molar refractivity (Wildman–Crippen MR) is 137 cm³/mol. The van der Waals surface area contributed by atoms with Crippen molar-refractivity contribution >= 4 is 45.9 Å². The Morgan fingerprint density at radius 3 is 2.83 bits per heavy atom. The van der Waals surface area contributed by atoms with Crippen LogP contribution in [0.3, 0.4) is 0 Å². The zero-order valence-corrected chi connectivity index (χ0v) is 19.7. The second-order valence-electron chi connectivity index (χ2n) is 7.69. The molecular weight excluding hydrogens is 469 g/mol. The molecule has 0 bridgehead atoms. The molecule has 0 aliphatic heterocycles. The van der Waals surface area contributed by atoms with Crippen molar-refractivity contribution in [1.29, 1.82) is 5.41 Å². The van der Waals surface area contributed by atoms with E-state index >= 15 is 0 Å². The Bertz CT molecular complexity index is 1380. The van der Waals surface area contributed by atoms with Gasteiger partial charge in [0.1, 0.15) is 30.3 Å². The zero-order chi connectivity index (χ0) is 24.6. The van der Waals surface area contributed by atoms with Crippen LogP contribution >= 0.6 is 11.6 Å². The molecule has 0 radical (unpaired) electrons. The van der Waals surface area contributed by atoms with Gasteiger partial charge < -0.3 is 20.2 Å². The Morgan fingerprint density at radius 2 is 2.03 bits per heavy atom. The number of nitrogens with one attached hydrogen (secondary N) is 2. The number of methoxy groups -OCH3 is 1. The Morgan fingerprint density at radius 1 is 1.14 bits per heavy atom. The number of halogens is 2. The molecule has 1 aromatic heterocycles. The molecule has 0 aliphatic carbocycles. The highest BCUT2D eigenvalue weighted by molar-refractivity contribution is 6.32. The third-order valence-electron chi connectivity index (χ3n) is 4.98. The maximum absolute atomic E-state index is 13.4. The van der Waals surface area contributed by atoms with Crippen LogP contribution in [0.1, 0.15) is 11.1 Å². The summed E-state index contributed by atoms with van der Waals surface area (Å²) in [6.45, 7) is 0.735. The molecule has 0 aliphatic rings. The summed E-state index contributed by atoms with van der Waals surface area (Å²) in [6, 6.07) is 17.3. The zero-order valence-electron chi connectivity index (χ0n) is 19.0. The van der Waals surface area contributed by atoms with E-state index in [2.05, 4.69) is 20.3 Å². The topological polar surface area (TPSA) is 92.5 Å². The van der Waals surface area contributed by atoms with Crippen LogP contribution in [0.4, 0.5) is 15.9 Å². The van der Waals surface area contributed by atoms with Gasteiger partial charge in [-0.3, -0.25) is 4.99 Å². The van der Waals surface area contributed by atoms with E-state index in [0.29, 0.717) is 27.9 Å². The number of benzene rings is 3. The first-order valence-electron chi connectivity index (χ1n) is 10.8. The van der Waals surface area contributed by atoms with Crippen LogP contribution in [-0.2, 0) is 11.3 Å². The third-order valence-corrected chi connectivity index (χ3v) is 5.27. The van der Waals surface area contributed by atoms with Gasteiger partial charge in [0.15, 0.2) is 0 Å². The summed E-state index contributed by atoms with van der Waals surface area (Å²) >= 11 is 6.43. The first kappa shape index (κ1) is 24.3. The van der Waals surface area contributed by atoms with Crippen molar-refractivity contribution in [3.8, 4) is 5.75 Å². The van der Waals surface area contributed by atoms with E-state index in [1.807, 2.05) is 24.3 Å². The summed E-state index contributed by atoms with van der Waals surface area (Å²) in [5, 5.41) is 12.3. The lowest BCUT2D eigenvalue weighted by Crippen LogP contribution is -2.08. The number of ether oxygens (including phenoxy) is 2. The van der Waals surface area contributed by atoms with Gasteiger partial charge in [-0.05, 0) is 53.6 Å². The van der Waals surface area contributed by atoms with Crippen molar-refractivity contribution in [1.82, 2.24) is 9.97 Å². The molecule has 3 aromatic carbocycles. The Labute approximate surface area is 207 Å². The number of nitrogens with zero attached hydrogens (tertiary/aromatic N) is 3. The smallest absolute Gasteiger partial charge is 0.141 e. The quantitative estimate of drug-likeness (QED) is 0.272. The molecule has 0 saturated heterocycles. The van der Waals surface area contributed by atoms with Crippen molar-refractivity contribution in [2.75, 3.05) is 25.6 Å². The van der Waals surface area contributed by atoms with Crippen LogP contribution in [0.5, 0.6) is 5.75 Å². The normalized spacial score (nSPS) is 11.2. The largest absolute Gasteiger partial charge is 0.487 e. The van der Waals surface area contributed by atoms with E-state index in [1.54, 1.807) is 37.6 Å². The minimum atomic E-state index is -0.311. The second kappa shape index (κ2) is 11.5. The second-order valence-corrected chi connectivity index (χ2v) is 8.10. The molecule has 35 heavy (non-hydrogen) atoms. The Hall–Kier alpha value is -3.88. The van der Waals surface area contributed by atoms with E-state index in [4.69, 9.17) is 26.5 Å². The van der Waals surface area contributed by atoms with Gasteiger partial charge in [-0.1, -0.05) is 29.8 Å². The molecule has 4 aromatic rings. The molecule has 2 N–H and O–H groups in total. The van der Waals surface area contributed by atoms with Gasteiger partial charge in [0.25, 0.3) is 0 Å². The first-order chi connectivity index (χ1) is 17.0. The fraction of sp³-hybridized carbons (Fsp3) is 0.154. The van der Waals surface area contributed by atoms with Crippen LogP contribution in [0, 0.1) is 11.2 Å². The Balaban J connectivity index is 1.48. The number of rotatable bonds is 10. The van der Waals surface area contributed by atoms with Crippen LogP contribution in [0.2, 0.25) is 5.02 Å². The molecule has 178 valence electrons. The minimum Gasteiger partial charge on any atom is -0.487 e. The van der Waals surface area contributed by atoms with Crippen LogP contribution in [0.25, 0.3) is 10.9 Å². The SMILES string of the molecule is COCC(=N)CN=Cc1ccc2ncnc(Nc3ccc(OCc4cccc(F)c4)c(Cl)c3)c2c1. The van der Waals surface area contributed by atoms with Crippen molar-refractivity contribution in [3.63, 3.8) is 0 Å². The summed E-state index contributed by atoms with van der Waals surface area (Å²) in [7, 11) is 1.55. The fourth-order valence-corrected chi connectivity index (χ4v) is 3.59. The van der Waals surface area contributed by atoms with Gasteiger partial charge in [0.2, 0.25) is 0 Å². The highest BCUT2D eigenvalue weighted by Gasteiger charge is 2.08. The maximum atomic E-state index is 13.4. The highest BCUT2D eigenvalue weighted by atomic mass is 35.5. The van der Waals surface area contributed by atoms with E-state index < -0.39 is 0 Å². The summed E-state index contributed by atoms with van der Waals surface area (Å²) in [5.41, 5.74) is 3.47. The van der Waals surface area contributed by atoms with Gasteiger partial charge in [0, 0.05) is 24.4 Å². The maximum Gasteiger partial charge on any atom is 0.141 e. The lowest BCUT2D eigenvalue weighted by molar-refractivity contribution is 0.244. The molecule has 9 heteroatoms. The molecule has 7 nitrogen and oxygen atoms in total. The van der Waals surface area contributed by atoms with Gasteiger partial charge in [-0.2, -0.15) is 0 Å². The Kier molecular flexibility index (Phi) is 7.97. The molecule has 0 amide bonds. The number of aromatic nitrogens is 2. The summed E-state index contributed by atoms with van der Waals surface area (Å²) in [5.74, 6) is 0.794. The third kappa shape index (κ3) is 6.59. The molecule has 0 saturated carbocycles. The first-order valence-corrected chi connectivity index (χ1v) is 11.1. The van der Waals surface area contributed by atoms with E-state index in [9.17, 15) is 4.39 Å². The standard InChI is InChI=1S/C26H23ClFN5O2/c1-34-15-20(29)13-30-12-17-5-7-24-22(10-17)26(32-16-31-24)33-21-6-8-25(23(27)11-21)35-14-18-3-2-4-19(28)9-18/h2-12,16,29H,13-15H2,1H3,(H,31,32,33). The average molecular weight is 492 g/mol. The number of fused-ring (bicyclic) bond motifs is 1. The lowest BCUT2D eigenvalue weighted by Gasteiger charge is -2.12. The van der Waals surface area contributed by atoms with E-state index in [1.165, 1.54) is 18.5 Å². The van der Waals surface area contributed by atoms with Gasteiger partial charge in [-0.15, -0.1) is 0 Å². The molecule has 1 heterocycles. The molecule has 0 spiro atoms. The highest BCUT2D eigenvalue weighted by Crippen LogP contribution is 2.31.